The highest BCUT2D eigenvalue weighted by molar-refractivity contribution is 7.89. The molecule has 0 bridgehead atoms. The fourth-order valence-corrected chi connectivity index (χ4v) is 4.55. The molecule has 1 N–H and O–H groups in total. The van der Waals surface area contributed by atoms with E-state index >= 15 is 0 Å². The minimum atomic E-state index is -3.57. The summed E-state index contributed by atoms with van der Waals surface area (Å²) in [4.78, 5) is 12.2. The van der Waals surface area contributed by atoms with Crippen LogP contribution in [-0.4, -0.2) is 51.5 Å². The first kappa shape index (κ1) is 20.9. The highest BCUT2D eigenvalue weighted by Crippen LogP contribution is 2.23. The normalized spacial score (nSPS) is 15.2. The van der Waals surface area contributed by atoms with Crippen molar-refractivity contribution < 1.29 is 22.7 Å². The number of nitrogens with zero attached hydrogens (tertiary/aromatic N) is 1. The predicted molar refractivity (Wildman–Crippen MR) is 107 cm³/mol. The first-order chi connectivity index (χ1) is 13.3. The van der Waals surface area contributed by atoms with E-state index in [4.69, 9.17) is 32.7 Å². The van der Waals surface area contributed by atoms with Crippen LogP contribution in [0.5, 0.6) is 5.75 Å². The first-order valence-corrected chi connectivity index (χ1v) is 10.6. The molecule has 0 aliphatic carbocycles. The van der Waals surface area contributed by atoms with Gasteiger partial charge in [0, 0.05) is 28.8 Å². The predicted octanol–water partition coefficient (Wildman–Crippen LogP) is 3.03. The highest BCUT2D eigenvalue weighted by Gasteiger charge is 2.26. The molecule has 0 aromatic heterocycles. The molecule has 2 aromatic rings. The fraction of sp³-hybridized carbons (Fsp3) is 0.278. The van der Waals surface area contributed by atoms with E-state index < -0.39 is 15.9 Å². The van der Waals surface area contributed by atoms with Crippen LogP contribution in [0.15, 0.2) is 47.4 Å². The third kappa shape index (κ3) is 5.36. The molecule has 1 fully saturated rings. The number of carbonyl (C=O) groups is 1. The molecule has 1 aliphatic rings. The number of amides is 1. The number of carbonyl (C=O) groups excluding carboxylic acids is 1. The summed E-state index contributed by atoms with van der Waals surface area (Å²) in [7, 11) is -3.57. The minimum absolute atomic E-state index is 0.166. The Morgan fingerprint density at radius 3 is 2.29 bits per heavy atom. The van der Waals surface area contributed by atoms with E-state index in [9.17, 15) is 13.2 Å². The molecule has 0 unspecified atom stereocenters. The number of nitrogens with one attached hydrogen (secondary N) is 1. The Hall–Kier alpha value is -1.84. The van der Waals surface area contributed by atoms with Gasteiger partial charge in [-0.05, 0) is 42.5 Å². The van der Waals surface area contributed by atoms with E-state index in [1.165, 1.54) is 28.6 Å². The molecule has 28 heavy (non-hydrogen) atoms. The molecule has 10 heteroatoms. The average Bonchev–Trinajstić information content (AvgIpc) is 2.66. The largest absolute Gasteiger partial charge is 0.484 e. The van der Waals surface area contributed by atoms with Crippen LogP contribution in [0.3, 0.4) is 0 Å². The second kappa shape index (κ2) is 9.11. The van der Waals surface area contributed by atoms with Gasteiger partial charge in [0.2, 0.25) is 10.0 Å². The molecule has 0 saturated carbocycles. The molecule has 150 valence electrons. The van der Waals surface area contributed by atoms with Crippen LogP contribution in [0.25, 0.3) is 0 Å². The summed E-state index contributed by atoms with van der Waals surface area (Å²) in [5, 5.41) is 3.43. The van der Waals surface area contributed by atoms with Gasteiger partial charge >= 0.3 is 0 Å². The summed E-state index contributed by atoms with van der Waals surface area (Å²) in [5.41, 5.74) is 0.457. The number of morpholine rings is 1. The number of anilines is 1. The molecule has 1 aliphatic heterocycles. The van der Waals surface area contributed by atoms with Gasteiger partial charge in [-0.1, -0.05) is 23.2 Å². The average molecular weight is 445 g/mol. The minimum Gasteiger partial charge on any atom is -0.484 e. The Morgan fingerprint density at radius 2 is 1.68 bits per heavy atom. The topological polar surface area (TPSA) is 84.9 Å². The van der Waals surface area contributed by atoms with Crippen molar-refractivity contribution in [3.63, 3.8) is 0 Å². The second-order valence-electron chi connectivity index (χ2n) is 5.98. The monoisotopic (exact) mass is 444 g/mol. The Labute approximate surface area is 173 Å². The van der Waals surface area contributed by atoms with Crippen molar-refractivity contribution in [2.75, 3.05) is 38.2 Å². The quantitative estimate of drug-likeness (QED) is 0.739. The van der Waals surface area contributed by atoms with E-state index in [-0.39, 0.29) is 11.5 Å². The number of ether oxygens (including phenoxy) is 2. The molecule has 2 aromatic carbocycles. The van der Waals surface area contributed by atoms with Gasteiger partial charge < -0.3 is 14.8 Å². The molecular formula is C18H18Cl2N2O5S. The third-order valence-electron chi connectivity index (χ3n) is 3.95. The van der Waals surface area contributed by atoms with Gasteiger partial charge in [0.15, 0.2) is 6.61 Å². The molecule has 0 spiro atoms. The maximum atomic E-state index is 12.6. The van der Waals surface area contributed by atoms with Gasteiger partial charge in [0.25, 0.3) is 5.91 Å². The van der Waals surface area contributed by atoms with Crippen molar-refractivity contribution in [3.05, 3.63) is 52.5 Å². The van der Waals surface area contributed by atoms with Gasteiger partial charge in [-0.2, -0.15) is 4.31 Å². The van der Waals surface area contributed by atoms with E-state index in [2.05, 4.69) is 5.32 Å². The zero-order chi connectivity index (χ0) is 20.1. The smallest absolute Gasteiger partial charge is 0.262 e. The zero-order valence-corrected chi connectivity index (χ0v) is 17.1. The highest BCUT2D eigenvalue weighted by atomic mass is 35.5. The van der Waals surface area contributed by atoms with E-state index in [0.717, 1.165) is 0 Å². The number of hydrogen-bond donors (Lipinski definition) is 1. The number of benzene rings is 2. The molecular weight excluding hydrogens is 427 g/mol. The molecule has 0 radical (unpaired) electrons. The fourth-order valence-electron chi connectivity index (χ4n) is 2.62. The summed E-state index contributed by atoms with van der Waals surface area (Å²) in [6.45, 7) is 1.17. The van der Waals surface area contributed by atoms with Gasteiger partial charge in [-0.3, -0.25) is 4.79 Å². The summed E-state index contributed by atoms with van der Waals surface area (Å²) >= 11 is 11.8. The molecule has 1 amide bonds. The lowest BCUT2D eigenvalue weighted by Gasteiger charge is -2.26. The van der Waals surface area contributed by atoms with Crippen LogP contribution in [-0.2, 0) is 19.6 Å². The molecule has 7 nitrogen and oxygen atoms in total. The van der Waals surface area contributed by atoms with Crippen LogP contribution in [0.2, 0.25) is 10.0 Å². The number of hydrogen-bond acceptors (Lipinski definition) is 5. The van der Waals surface area contributed by atoms with Gasteiger partial charge in [-0.15, -0.1) is 0 Å². The summed E-state index contributed by atoms with van der Waals surface area (Å²) in [6.07, 6.45) is 0. The van der Waals surface area contributed by atoms with Crippen molar-refractivity contribution in [1.82, 2.24) is 4.31 Å². The van der Waals surface area contributed by atoms with Crippen LogP contribution in [0.1, 0.15) is 0 Å². The Balaban J connectivity index is 1.57. The second-order valence-corrected chi connectivity index (χ2v) is 8.79. The van der Waals surface area contributed by atoms with Gasteiger partial charge in [-0.25, -0.2) is 8.42 Å². The maximum Gasteiger partial charge on any atom is 0.262 e. The third-order valence-corrected chi connectivity index (χ3v) is 6.30. The molecule has 1 saturated heterocycles. The van der Waals surface area contributed by atoms with Crippen molar-refractivity contribution in [2.24, 2.45) is 0 Å². The lowest BCUT2D eigenvalue weighted by Crippen LogP contribution is -2.40. The Kier molecular flexibility index (Phi) is 6.79. The van der Waals surface area contributed by atoms with Crippen molar-refractivity contribution >= 4 is 44.8 Å². The molecule has 0 atom stereocenters. The van der Waals surface area contributed by atoms with E-state index in [1.807, 2.05) is 0 Å². The summed E-state index contributed by atoms with van der Waals surface area (Å²) in [6, 6.07) is 10.6. The van der Waals surface area contributed by atoms with Crippen LogP contribution in [0, 0.1) is 0 Å². The maximum absolute atomic E-state index is 12.6. The van der Waals surface area contributed by atoms with E-state index in [1.54, 1.807) is 18.2 Å². The van der Waals surface area contributed by atoms with Crippen LogP contribution >= 0.6 is 23.2 Å². The van der Waals surface area contributed by atoms with Crippen molar-refractivity contribution in [3.8, 4) is 5.75 Å². The summed E-state index contributed by atoms with van der Waals surface area (Å²) in [5.74, 6) is -0.0245. The van der Waals surface area contributed by atoms with Crippen LogP contribution < -0.4 is 10.1 Å². The van der Waals surface area contributed by atoms with Crippen LogP contribution in [0.4, 0.5) is 5.69 Å². The Bertz CT molecular complexity index is 925. The van der Waals surface area contributed by atoms with Gasteiger partial charge in [0.1, 0.15) is 5.75 Å². The molecule has 3 rings (SSSR count). The Morgan fingerprint density at radius 1 is 1.07 bits per heavy atom. The summed E-state index contributed by atoms with van der Waals surface area (Å²) < 4.78 is 37.1. The molecule has 1 heterocycles. The van der Waals surface area contributed by atoms with E-state index in [0.29, 0.717) is 47.8 Å². The zero-order valence-electron chi connectivity index (χ0n) is 14.7. The lowest BCUT2D eigenvalue weighted by atomic mass is 10.3. The van der Waals surface area contributed by atoms with Crippen molar-refractivity contribution in [1.29, 1.82) is 0 Å². The van der Waals surface area contributed by atoms with Gasteiger partial charge in [0.05, 0.1) is 18.1 Å². The first-order valence-electron chi connectivity index (χ1n) is 8.41. The number of sulfonamides is 1. The number of halogens is 2. The number of rotatable bonds is 6. The lowest BCUT2D eigenvalue weighted by molar-refractivity contribution is -0.118. The van der Waals surface area contributed by atoms with Crippen molar-refractivity contribution in [2.45, 2.75) is 4.90 Å². The SMILES string of the molecule is O=C(COc1ccc(S(=O)(=O)N2CCOCC2)cc1)Nc1cc(Cl)cc(Cl)c1. The standard InChI is InChI=1S/C18H18Cl2N2O5S/c19-13-9-14(20)11-15(10-13)21-18(23)12-27-16-1-3-17(4-2-16)28(24,25)22-5-7-26-8-6-22/h1-4,9-11H,5-8,12H2,(H,21,23).